The molecule has 0 saturated carbocycles. The third-order valence-corrected chi connectivity index (χ3v) is 5.39. The van der Waals surface area contributed by atoms with Gasteiger partial charge in [-0.25, -0.2) is 4.98 Å². The van der Waals surface area contributed by atoms with Gasteiger partial charge in [-0.15, -0.1) is 0 Å². The molecule has 2 aromatic heterocycles. The van der Waals surface area contributed by atoms with E-state index < -0.39 is 0 Å². The zero-order chi connectivity index (χ0) is 22.6. The van der Waals surface area contributed by atoms with Gasteiger partial charge in [0, 0.05) is 30.3 Å². The molecule has 5 aromatic rings. The van der Waals surface area contributed by atoms with Crippen LogP contribution in [0.5, 0.6) is 0 Å². The maximum atomic E-state index is 12.5. The summed E-state index contributed by atoms with van der Waals surface area (Å²) in [5.41, 5.74) is 5.52. The predicted octanol–water partition coefficient (Wildman–Crippen LogP) is 4.35. The summed E-state index contributed by atoms with van der Waals surface area (Å²) in [5.74, 6) is 0.359. The molecule has 5 rings (SSSR count). The molecule has 33 heavy (non-hydrogen) atoms. The lowest BCUT2D eigenvalue weighted by molar-refractivity contribution is 0.0941. The van der Waals surface area contributed by atoms with E-state index in [2.05, 4.69) is 15.5 Å². The fourth-order valence-electron chi connectivity index (χ4n) is 3.66. The van der Waals surface area contributed by atoms with Crippen molar-refractivity contribution in [2.75, 3.05) is 0 Å². The Bertz CT molecular complexity index is 1420. The Kier molecular flexibility index (Phi) is 5.51. The van der Waals surface area contributed by atoms with E-state index in [9.17, 15) is 9.59 Å². The largest absolute Gasteiger partial charge is 0.360 e. The number of hydrogen-bond acceptors (Lipinski definition) is 5. The van der Waals surface area contributed by atoms with Crippen molar-refractivity contribution in [2.24, 2.45) is 0 Å². The maximum absolute atomic E-state index is 12.5. The van der Waals surface area contributed by atoms with Crippen molar-refractivity contribution in [1.82, 2.24) is 20.0 Å². The number of carbonyl (C=O) groups is 2. The van der Waals surface area contributed by atoms with E-state index in [1.807, 2.05) is 65.2 Å². The topological polar surface area (TPSA) is 90.0 Å². The Morgan fingerprint density at radius 1 is 0.970 bits per heavy atom. The predicted molar refractivity (Wildman–Crippen MR) is 123 cm³/mol. The number of aldehydes is 1. The van der Waals surface area contributed by atoms with E-state index in [0.29, 0.717) is 24.3 Å². The molecule has 7 nitrogen and oxygen atoms in total. The van der Waals surface area contributed by atoms with Crippen molar-refractivity contribution >= 4 is 23.2 Å². The summed E-state index contributed by atoms with van der Waals surface area (Å²) < 4.78 is 7.26. The molecule has 1 amide bonds. The quantitative estimate of drug-likeness (QED) is 0.383. The minimum absolute atomic E-state index is 0.261. The number of carbonyl (C=O) groups excluding carboxylic acids is 2. The number of nitrogens with one attached hydrogen (secondary N) is 1. The van der Waals surface area contributed by atoms with Crippen LogP contribution in [0.4, 0.5) is 0 Å². The van der Waals surface area contributed by atoms with Crippen LogP contribution in [-0.4, -0.2) is 26.9 Å². The summed E-state index contributed by atoms with van der Waals surface area (Å²) in [4.78, 5) is 27.8. The first-order valence-electron chi connectivity index (χ1n) is 10.5. The average Bonchev–Trinajstić information content (AvgIpc) is 3.50. The van der Waals surface area contributed by atoms with Crippen LogP contribution in [0.3, 0.4) is 0 Å². The van der Waals surface area contributed by atoms with Crippen molar-refractivity contribution in [3.05, 3.63) is 113 Å². The summed E-state index contributed by atoms with van der Waals surface area (Å²) >= 11 is 0. The first-order valence-corrected chi connectivity index (χ1v) is 10.5. The molecule has 0 unspecified atom stereocenters. The molecular weight excluding hydrogens is 416 g/mol. The molecule has 0 atom stereocenters. The van der Waals surface area contributed by atoms with Crippen LogP contribution in [-0.2, 0) is 13.0 Å². The summed E-state index contributed by atoms with van der Waals surface area (Å²) in [6.45, 7) is 0.368. The van der Waals surface area contributed by atoms with E-state index >= 15 is 0 Å². The lowest BCUT2D eigenvalue weighted by Crippen LogP contribution is -2.23. The van der Waals surface area contributed by atoms with Crippen molar-refractivity contribution in [3.63, 3.8) is 0 Å². The van der Waals surface area contributed by atoms with Gasteiger partial charge in [0.15, 0.2) is 5.69 Å². The van der Waals surface area contributed by atoms with Crippen LogP contribution in [0, 0.1) is 0 Å². The molecule has 162 valence electrons. The highest BCUT2D eigenvalue weighted by Crippen LogP contribution is 2.19. The van der Waals surface area contributed by atoms with Crippen molar-refractivity contribution in [3.8, 4) is 5.69 Å². The minimum atomic E-state index is -0.284. The van der Waals surface area contributed by atoms with Crippen LogP contribution in [0.15, 0.2) is 89.7 Å². The molecule has 0 spiro atoms. The van der Waals surface area contributed by atoms with Crippen LogP contribution in [0.2, 0.25) is 0 Å². The van der Waals surface area contributed by atoms with Gasteiger partial charge in [0.05, 0.1) is 11.0 Å². The van der Waals surface area contributed by atoms with Crippen LogP contribution >= 0.6 is 0 Å². The SMILES string of the molecule is O=Cc1ccc2c(c1)ncn2-c1ccc(CNC(=O)c2cc(Cc3ccccc3)on2)cc1. The zero-order valence-corrected chi connectivity index (χ0v) is 17.6. The Morgan fingerprint density at radius 2 is 1.79 bits per heavy atom. The average molecular weight is 436 g/mol. The van der Waals surface area contributed by atoms with Crippen LogP contribution in [0.1, 0.15) is 37.7 Å². The molecular formula is C26H20N4O3. The second-order valence-corrected chi connectivity index (χ2v) is 7.67. The van der Waals surface area contributed by atoms with Gasteiger partial charge in [0.1, 0.15) is 18.4 Å². The molecule has 0 aliphatic rings. The number of benzene rings is 3. The highest BCUT2D eigenvalue weighted by atomic mass is 16.5. The lowest BCUT2D eigenvalue weighted by atomic mass is 10.1. The Morgan fingerprint density at radius 3 is 2.58 bits per heavy atom. The second-order valence-electron chi connectivity index (χ2n) is 7.67. The molecule has 0 aliphatic heterocycles. The van der Waals surface area contributed by atoms with Crippen LogP contribution < -0.4 is 5.32 Å². The standard InChI is InChI=1S/C26H20N4O3/c31-16-20-8-11-25-23(13-20)28-17-30(25)21-9-6-19(7-10-21)15-27-26(32)24-14-22(33-29-24)12-18-4-2-1-3-5-18/h1-11,13-14,16-17H,12,15H2,(H,27,32). The smallest absolute Gasteiger partial charge is 0.273 e. The molecule has 2 heterocycles. The van der Waals surface area contributed by atoms with Crippen LogP contribution in [0.25, 0.3) is 16.7 Å². The number of imidazole rings is 1. The highest BCUT2D eigenvalue weighted by Gasteiger charge is 2.13. The Labute approximate surface area is 189 Å². The number of nitrogens with zero attached hydrogens (tertiary/aromatic N) is 3. The first-order chi connectivity index (χ1) is 16.2. The molecule has 0 radical (unpaired) electrons. The second kappa shape index (κ2) is 8.92. The third kappa shape index (κ3) is 4.43. The van der Waals surface area contributed by atoms with Gasteiger partial charge in [-0.3, -0.25) is 14.2 Å². The molecule has 3 aromatic carbocycles. The zero-order valence-electron chi connectivity index (χ0n) is 17.6. The normalized spacial score (nSPS) is 10.9. The lowest BCUT2D eigenvalue weighted by Gasteiger charge is -2.07. The monoisotopic (exact) mass is 436 g/mol. The summed E-state index contributed by atoms with van der Waals surface area (Å²) in [6.07, 6.45) is 3.13. The van der Waals surface area contributed by atoms with E-state index in [4.69, 9.17) is 4.52 Å². The summed E-state index contributed by atoms with van der Waals surface area (Å²) in [7, 11) is 0. The van der Waals surface area contributed by atoms with Gasteiger partial charge in [0.25, 0.3) is 5.91 Å². The number of rotatable bonds is 7. The van der Waals surface area contributed by atoms with E-state index in [1.165, 1.54) is 0 Å². The third-order valence-electron chi connectivity index (χ3n) is 5.39. The highest BCUT2D eigenvalue weighted by molar-refractivity contribution is 5.92. The summed E-state index contributed by atoms with van der Waals surface area (Å²) in [5, 5.41) is 6.77. The van der Waals surface area contributed by atoms with Crippen molar-refractivity contribution in [2.45, 2.75) is 13.0 Å². The molecule has 0 aliphatic carbocycles. The number of aromatic nitrogens is 3. The minimum Gasteiger partial charge on any atom is -0.360 e. The molecule has 1 N–H and O–H groups in total. The summed E-state index contributed by atoms with van der Waals surface area (Å²) in [6, 6.07) is 24.8. The Hall–Kier alpha value is -4.52. The first kappa shape index (κ1) is 20.4. The number of amides is 1. The maximum Gasteiger partial charge on any atom is 0.273 e. The fourth-order valence-corrected chi connectivity index (χ4v) is 3.66. The van der Waals surface area contributed by atoms with E-state index in [-0.39, 0.29) is 11.6 Å². The van der Waals surface area contributed by atoms with Gasteiger partial charge in [0.2, 0.25) is 0 Å². The Balaban J connectivity index is 1.22. The molecule has 0 bridgehead atoms. The number of fused-ring (bicyclic) bond motifs is 1. The molecule has 0 saturated heterocycles. The van der Waals surface area contributed by atoms with Gasteiger partial charge >= 0.3 is 0 Å². The molecule has 0 fully saturated rings. The van der Waals surface area contributed by atoms with Gasteiger partial charge in [-0.05, 0) is 41.5 Å². The fraction of sp³-hybridized carbons (Fsp3) is 0.0769. The van der Waals surface area contributed by atoms with E-state index in [1.54, 1.807) is 24.5 Å². The van der Waals surface area contributed by atoms with Gasteiger partial charge in [-0.1, -0.05) is 47.6 Å². The van der Waals surface area contributed by atoms with Gasteiger partial charge in [-0.2, -0.15) is 0 Å². The van der Waals surface area contributed by atoms with Gasteiger partial charge < -0.3 is 9.84 Å². The van der Waals surface area contributed by atoms with E-state index in [0.717, 1.165) is 34.1 Å². The van der Waals surface area contributed by atoms with Crippen molar-refractivity contribution in [1.29, 1.82) is 0 Å². The molecule has 7 heteroatoms. The number of hydrogen-bond donors (Lipinski definition) is 1. The van der Waals surface area contributed by atoms with Crippen molar-refractivity contribution < 1.29 is 14.1 Å².